The summed E-state index contributed by atoms with van der Waals surface area (Å²) in [5, 5.41) is 5.09. The van der Waals surface area contributed by atoms with Crippen molar-refractivity contribution in [3.05, 3.63) is 51.7 Å². The molecule has 0 radical (unpaired) electrons. The van der Waals surface area contributed by atoms with Gasteiger partial charge in [0.05, 0.1) is 4.90 Å². The molecular weight excluding hydrogens is 418 g/mol. The molecule has 6 nitrogen and oxygen atoms in total. The maximum absolute atomic E-state index is 13.1. The van der Waals surface area contributed by atoms with Crippen molar-refractivity contribution in [3.63, 3.8) is 0 Å². The van der Waals surface area contributed by atoms with E-state index >= 15 is 0 Å². The Morgan fingerprint density at radius 3 is 2.93 bits per heavy atom. The van der Waals surface area contributed by atoms with Gasteiger partial charge in [-0.25, -0.2) is 8.42 Å². The van der Waals surface area contributed by atoms with Crippen LogP contribution in [0.1, 0.15) is 47.0 Å². The first-order valence-electron chi connectivity index (χ1n) is 10.6. The molecule has 0 aliphatic carbocycles. The van der Waals surface area contributed by atoms with Crippen LogP contribution in [0, 0.1) is 0 Å². The Bertz CT molecular complexity index is 1000. The van der Waals surface area contributed by atoms with Gasteiger partial charge in [-0.1, -0.05) is 12.5 Å². The van der Waals surface area contributed by atoms with E-state index in [9.17, 15) is 13.2 Å². The second-order valence-electron chi connectivity index (χ2n) is 8.14. The molecule has 3 heterocycles. The first-order chi connectivity index (χ1) is 14.4. The van der Waals surface area contributed by atoms with Gasteiger partial charge in [0.1, 0.15) is 0 Å². The number of hydrogen-bond donors (Lipinski definition) is 1. The van der Waals surface area contributed by atoms with Gasteiger partial charge >= 0.3 is 0 Å². The van der Waals surface area contributed by atoms with Crippen molar-refractivity contribution < 1.29 is 13.2 Å². The predicted octanol–water partition coefficient (Wildman–Crippen LogP) is 3.10. The molecule has 162 valence electrons. The van der Waals surface area contributed by atoms with Crippen molar-refractivity contribution in [2.75, 3.05) is 26.2 Å². The Labute approximate surface area is 182 Å². The summed E-state index contributed by atoms with van der Waals surface area (Å²) >= 11 is 1.82. The standard InChI is InChI=1S/C22H29N3O3S2/c1-17-5-2-3-11-25(17)30(27,28)20-7-4-6-18(15-20)22(26)23-10-13-24-12-8-21-19(16-24)9-14-29-21/h4,6-7,9,14-15,17H,2-3,5,8,10-13,16H2,1H3,(H,23,26). The summed E-state index contributed by atoms with van der Waals surface area (Å²) < 4.78 is 27.7. The zero-order chi connectivity index (χ0) is 21.1. The Kier molecular flexibility index (Phi) is 6.57. The second kappa shape index (κ2) is 9.18. The van der Waals surface area contributed by atoms with E-state index in [2.05, 4.69) is 21.7 Å². The van der Waals surface area contributed by atoms with Gasteiger partial charge in [0.2, 0.25) is 10.0 Å². The van der Waals surface area contributed by atoms with Crippen molar-refractivity contribution >= 4 is 27.3 Å². The van der Waals surface area contributed by atoms with Crippen LogP contribution in [0.5, 0.6) is 0 Å². The van der Waals surface area contributed by atoms with Gasteiger partial charge in [-0.3, -0.25) is 9.69 Å². The lowest BCUT2D eigenvalue weighted by Gasteiger charge is -2.32. The third-order valence-electron chi connectivity index (χ3n) is 6.05. The summed E-state index contributed by atoms with van der Waals surface area (Å²) in [5.74, 6) is -0.230. The highest BCUT2D eigenvalue weighted by atomic mass is 32.2. The molecule has 1 aromatic carbocycles. The van der Waals surface area contributed by atoms with Crippen LogP contribution in [0.4, 0.5) is 0 Å². The summed E-state index contributed by atoms with van der Waals surface area (Å²) in [4.78, 5) is 16.6. The molecule has 2 aromatic rings. The van der Waals surface area contributed by atoms with E-state index in [4.69, 9.17) is 0 Å². The van der Waals surface area contributed by atoms with E-state index in [1.807, 2.05) is 18.3 Å². The summed E-state index contributed by atoms with van der Waals surface area (Å²) in [6.07, 6.45) is 3.88. The Morgan fingerprint density at radius 2 is 2.10 bits per heavy atom. The van der Waals surface area contributed by atoms with E-state index in [1.165, 1.54) is 16.5 Å². The fourth-order valence-corrected chi connectivity index (χ4v) is 6.92. The topological polar surface area (TPSA) is 69.7 Å². The van der Waals surface area contributed by atoms with Crippen LogP contribution >= 0.6 is 11.3 Å². The lowest BCUT2D eigenvalue weighted by Crippen LogP contribution is -2.42. The van der Waals surface area contributed by atoms with E-state index in [-0.39, 0.29) is 16.8 Å². The number of carbonyl (C=O) groups is 1. The molecule has 0 spiro atoms. The fourth-order valence-electron chi connectivity index (χ4n) is 4.29. The SMILES string of the molecule is CC1CCCCN1S(=O)(=O)c1cccc(C(=O)NCCN2CCc3sccc3C2)c1. The molecule has 0 saturated carbocycles. The molecule has 4 rings (SSSR count). The van der Waals surface area contributed by atoms with E-state index in [0.29, 0.717) is 18.7 Å². The van der Waals surface area contributed by atoms with E-state index in [0.717, 1.165) is 45.3 Å². The number of nitrogens with zero attached hydrogens (tertiary/aromatic N) is 2. The number of nitrogens with one attached hydrogen (secondary N) is 1. The maximum Gasteiger partial charge on any atom is 0.251 e. The fraction of sp³-hybridized carbons (Fsp3) is 0.500. The molecule has 2 aliphatic rings. The van der Waals surface area contributed by atoms with Crippen molar-refractivity contribution in [1.29, 1.82) is 0 Å². The zero-order valence-electron chi connectivity index (χ0n) is 17.3. The van der Waals surface area contributed by atoms with Crippen LogP contribution in [0.3, 0.4) is 0 Å². The Hall–Kier alpha value is -1.74. The molecule has 0 bridgehead atoms. The predicted molar refractivity (Wildman–Crippen MR) is 119 cm³/mol. The Balaban J connectivity index is 1.36. The van der Waals surface area contributed by atoms with E-state index in [1.54, 1.807) is 22.5 Å². The van der Waals surface area contributed by atoms with Crippen LogP contribution < -0.4 is 5.32 Å². The second-order valence-corrected chi connectivity index (χ2v) is 11.0. The summed E-state index contributed by atoms with van der Waals surface area (Å²) in [6.45, 7) is 5.75. The zero-order valence-corrected chi connectivity index (χ0v) is 19.0. The molecule has 2 aliphatic heterocycles. The third-order valence-corrected chi connectivity index (χ3v) is 9.08. The van der Waals surface area contributed by atoms with Gasteiger partial charge < -0.3 is 5.32 Å². The number of carbonyl (C=O) groups excluding carboxylic acids is 1. The number of benzene rings is 1. The van der Waals surface area contributed by atoms with Crippen LogP contribution in [0.2, 0.25) is 0 Å². The summed E-state index contributed by atoms with van der Waals surface area (Å²) in [7, 11) is -3.58. The van der Waals surface area contributed by atoms with Gasteiger partial charge in [0.25, 0.3) is 5.91 Å². The number of sulfonamides is 1. The smallest absolute Gasteiger partial charge is 0.251 e. The molecule has 30 heavy (non-hydrogen) atoms. The monoisotopic (exact) mass is 447 g/mol. The average Bonchev–Trinajstić information content (AvgIpc) is 3.22. The maximum atomic E-state index is 13.1. The van der Waals surface area contributed by atoms with Crippen molar-refractivity contribution in [1.82, 2.24) is 14.5 Å². The number of amides is 1. The highest BCUT2D eigenvalue weighted by molar-refractivity contribution is 7.89. The molecule has 1 N–H and O–H groups in total. The molecule has 1 amide bonds. The van der Waals surface area contributed by atoms with Gasteiger partial charge in [0, 0.05) is 49.2 Å². The molecular formula is C22H29N3O3S2. The van der Waals surface area contributed by atoms with Gasteiger partial charge in [-0.05, 0) is 61.4 Å². The van der Waals surface area contributed by atoms with Gasteiger partial charge in [-0.2, -0.15) is 4.31 Å². The highest BCUT2D eigenvalue weighted by Crippen LogP contribution is 2.26. The first kappa shape index (κ1) is 21.5. The molecule has 1 fully saturated rings. The normalized spacial score (nSPS) is 20.6. The summed E-state index contributed by atoms with van der Waals surface area (Å²) in [5.41, 5.74) is 1.78. The van der Waals surface area contributed by atoms with E-state index < -0.39 is 10.0 Å². The molecule has 1 saturated heterocycles. The van der Waals surface area contributed by atoms with Gasteiger partial charge in [-0.15, -0.1) is 11.3 Å². The minimum atomic E-state index is -3.58. The minimum Gasteiger partial charge on any atom is -0.351 e. The van der Waals surface area contributed by atoms with Crippen LogP contribution in [-0.2, 0) is 23.0 Å². The van der Waals surface area contributed by atoms with Gasteiger partial charge in [0.15, 0.2) is 0 Å². The largest absolute Gasteiger partial charge is 0.351 e. The van der Waals surface area contributed by atoms with Crippen molar-refractivity contribution in [2.24, 2.45) is 0 Å². The lowest BCUT2D eigenvalue weighted by atomic mass is 10.1. The van der Waals surface area contributed by atoms with Crippen molar-refractivity contribution in [3.8, 4) is 0 Å². The minimum absolute atomic E-state index is 0.00508. The molecule has 1 aromatic heterocycles. The highest BCUT2D eigenvalue weighted by Gasteiger charge is 2.31. The van der Waals surface area contributed by atoms with Crippen LogP contribution in [0.15, 0.2) is 40.6 Å². The average molecular weight is 448 g/mol. The number of piperidine rings is 1. The van der Waals surface area contributed by atoms with Crippen LogP contribution in [0.25, 0.3) is 0 Å². The number of fused-ring (bicyclic) bond motifs is 1. The number of thiophene rings is 1. The summed E-state index contributed by atoms with van der Waals surface area (Å²) in [6, 6.07) is 8.59. The number of hydrogen-bond acceptors (Lipinski definition) is 5. The lowest BCUT2D eigenvalue weighted by molar-refractivity contribution is 0.0947. The molecule has 1 unspecified atom stereocenters. The number of rotatable bonds is 6. The Morgan fingerprint density at radius 1 is 1.23 bits per heavy atom. The molecule has 8 heteroatoms. The molecule has 1 atom stereocenters. The first-order valence-corrected chi connectivity index (χ1v) is 12.9. The van der Waals surface area contributed by atoms with Crippen molar-refractivity contribution in [2.45, 2.75) is 50.1 Å². The third kappa shape index (κ3) is 4.61. The van der Waals surface area contributed by atoms with Crippen LogP contribution in [-0.4, -0.2) is 55.8 Å². The quantitative estimate of drug-likeness (QED) is 0.739.